The van der Waals surface area contributed by atoms with Crippen LogP contribution in [0.3, 0.4) is 0 Å². The molecule has 258 valence electrons. The molecule has 50 heavy (non-hydrogen) atoms. The minimum absolute atomic E-state index is 0.164. The summed E-state index contributed by atoms with van der Waals surface area (Å²) in [4.78, 5) is 52.4. The molecule has 4 heterocycles. The predicted octanol–water partition coefficient (Wildman–Crippen LogP) is 6.49. The fraction of sp³-hybridized carbons (Fsp3) is 0.351. The van der Waals surface area contributed by atoms with Gasteiger partial charge in [0.25, 0.3) is 5.56 Å². The highest BCUT2D eigenvalue weighted by atomic mass is 35.5. The maximum Gasteiger partial charge on any atom is 0.332 e. The first-order chi connectivity index (χ1) is 24.2. The monoisotopic (exact) mass is 713 g/mol. The molecule has 11 nitrogen and oxygen atoms in total. The highest BCUT2D eigenvalue weighted by molar-refractivity contribution is 6.39. The van der Waals surface area contributed by atoms with Crippen LogP contribution in [0.25, 0.3) is 33.4 Å². The smallest absolute Gasteiger partial charge is 0.332 e. The molecule has 0 bridgehead atoms. The van der Waals surface area contributed by atoms with Crippen LogP contribution in [-0.2, 0) is 25.3 Å². The number of hydrogen-bond donors (Lipinski definition) is 1. The van der Waals surface area contributed by atoms with E-state index in [0.29, 0.717) is 45.1 Å². The third-order valence-electron chi connectivity index (χ3n) is 10.1. The second-order valence-corrected chi connectivity index (χ2v) is 13.7. The third-order valence-corrected chi connectivity index (χ3v) is 10.9. The zero-order valence-corrected chi connectivity index (χ0v) is 29.6. The van der Waals surface area contributed by atoms with Crippen molar-refractivity contribution in [1.29, 1.82) is 0 Å². The Morgan fingerprint density at radius 2 is 1.76 bits per heavy atom. The van der Waals surface area contributed by atoms with Gasteiger partial charge in [-0.05, 0) is 62.3 Å². The van der Waals surface area contributed by atoms with Crippen LogP contribution in [-0.4, -0.2) is 55.5 Å². The maximum atomic E-state index is 13.1. The lowest BCUT2D eigenvalue weighted by Gasteiger charge is -2.26. The van der Waals surface area contributed by atoms with E-state index in [1.54, 1.807) is 20.2 Å². The van der Waals surface area contributed by atoms with Crippen LogP contribution < -0.4 is 21.3 Å². The van der Waals surface area contributed by atoms with Crippen molar-refractivity contribution < 1.29 is 9.53 Å². The van der Waals surface area contributed by atoms with Crippen LogP contribution in [0.15, 0.2) is 58.4 Å². The number of unbranched alkanes of at least 4 members (excludes halogenated alkanes) is 1. The maximum absolute atomic E-state index is 13.1. The van der Waals surface area contributed by atoms with Crippen molar-refractivity contribution in [2.45, 2.75) is 44.6 Å². The molecule has 0 spiro atoms. The van der Waals surface area contributed by atoms with Gasteiger partial charge in [-0.1, -0.05) is 53.5 Å². The fourth-order valence-corrected chi connectivity index (χ4v) is 8.11. The first-order valence-corrected chi connectivity index (χ1v) is 17.5. The van der Waals surface area contributed by atoms with Gasteiger partial charge in [0.05, 0.1) is 28.5 Å². The fourth-order valence-electron chi connectivity index (χ4n) is 7.51. The minimum atomic E-state index is -0.520. The summed E-state index contributed by atoms with van der Waals surface area (Å²) in [6, 6.07) is 13.7. The van der Waals surface area contributed by atoms with Crippen LogP contribution in [0.5, 0.6) is 5.88 Å². The van der Waals surface area contributed by atoms with Crippen LogP contribution in [0.2, 0.25) is 10.0 Å². The molecule has 13 heteroatoms. The molecule has 2 atom stereocenters. The molecule has 0 radical (unpaired) electrons. The first-order valence-electron chi connectivity index (χ1n) is 16.7. The summed E-state index contributed by atoms with van der Waals surface area (Å²) in [5.74, 6) is 1.46. The van der Waals surface area contributed by atoms with Gasteiger partial charge in [-0.3, -0.25) is 18.8 Å². The van der Waals surface area contributed by atoms with Crippen molar-refractivity contribution in [2.24, 2.45) is 20.0 Å². The normalized spacial score (nSPS) is 17.3. The Balaban J connectivity index is 1.20. The number of likely N-dealkylation sites (tertiary alicyclic amines) is 1. The Morgan fingerprint density at radius 3 is 2.54 bits per heavy atom. The summed E-state index contributed by atoms with van der Waals surface area (Å²) in [5.41, 5.74) is 4.93. The number of benzene rings is 2. The lowest BCUT2D eigenvalue weighted by molar-refractivity contribution is -0.108. The van der Waals surface area contributed by atoms with Crippen molar-refractivity contribution in [3.05, 3.63) is 90.8 Å². The van der Waals surface area contributed by atoms with Gasteiger partial charge in [0, 0.05) is 55.4 Å². The number of fused-ring (bicyclic) bond motifs is 2. The number of ether oxygens (including phenoxy) is 1. The van der Waals surface area contributed by atoms with Gasteiger partial charge in [0.1, 0.15) is 23.8 Å². The number of hydrogen-bond acceptors (Lipinski definition) is 9. The molecule has 1 saturated heterocycles. The van der Waals surface area contributed by atoms with E-state index >= 15 is 0 Å². The number of rotatable bonds is 10. The molecule has 5 aromatic rings. The highest BCUT2D eigenvalue weighted by Crippen LogP contribution is 2.46. The number of nitrogens with zero attached hydrogens (tertiary/aromatic N) is 6. The summed E-state index contributed by atoms with van der Waals surface area (Å²) in [6.07, 6.45) is 8.05. The van der Waals surface area contributed by atoms with Crippen molar-refractivity contribution in [2.75, 3.05) is 25.5 Å². The Bertz CT molecular complexity index is 2250. The summed E-state index contributed by atoms with van der Waals surface area (Å²) < 4.78 is 8.24. The van der Waals surface area contributed by atoms with Gasteiger partial charge < -0.3 is 14.8 Å². The van der Waals surface area contributed by atoms with Crippen LogP contribution in [0, 0.1) is 5.92 Å². The van der Waals surface area contributed by atoms with E-state index in [1.165, 1.54) is 23.5 Å². The molecule has 1 aliphatic heterocycles. The van der Waals surface area contributed by atoms with E-state index in [4.69, 9.17) is 32.9 Å². The molecule has 2 aromatic carbocycles. The number of pyridine rings is 1. The minimum Gasteiger partial charge on any atom is -0.481 e. The van der Waals surface area contributed by atoms with Crippen LogP contribution in [0.4, 0.5) is 11.5 Å². The van der Waals surface area contributed by atoms with Gasteiger partial charge in [-0.25, -0.2) is 19.7 Å². The first kappa shape index (κ1) is 33.9. The number of carbonyl (C=O) groups is 1. The largest absolute Gasteiger partial charge is 0.481 e. The molecule has 1 fully saturated rings. The molecular weight excluding hydrogens is 677 g/mol. The number of carbonyl (C=O) groups excluding carboxylic acids is 1. The lowest BCUT2D eigenvalue weighted by Crippen LogP contribution is -2.37. The van der Waals surface area contributed by atoms with E-state index in [-0.39, 0.29) is 22.9 Å². The van der Waals surface area contributed by atoms with Gasteiger partial charge in [-0.2, -0.15) is 0 Å². The Kier molecular flexibility index (Phi) is 9.47. The standard InChI is InChI=1S/C37H37Cl2N7O4/c1-44-34-30(36(48)45(2)37(44)49)33(40-20-41-34)42-26-12-7-10-24(32(26)39)23-9-6-11-25(31(23)38)27-18-22-13-14-28(29(22)35(43-27)50-3)46-16-15-21(19-46)8-4-5-17-47/h6-7,9-12,17-18,20-21,28H,4-5,8,13-16,19H2,1-3H3,(H,40,41,42)/t21?,28-/m0/s1. The van der Waals surface area contributed by atoms with Gasteiger partial charge in [-0.15, -0.1) is 0 Å². The van der Waals surface area contributed by atoms with Crippen LogP contribution >= 0.6 is 23.2 Å². The Hall–Kier alpha value is -4.58. The van der Waals surface area contributed by atoms with Crippen molar-refractivity contribution in [3.63, 3.8) is 0 Å². The molecule has 2 aliphatic rings. The topological polar surface area (TPSA) is 124 Å². The summed E-state index contributed by atoms with van der Waals surface area (Å²) in [6.45, 7) is 2.06. The van der Waals surface area contributed by atoms with E-state index in [0.717, 1.165) is 72.9 Å². The number of anilines is 2. The highest BCUT2D eigenvalue weighted by Gasteiger charge is 2.36. The molecule has 0 amide bonds. The van der Waals surface area contributed by atoms with Crippen molar-refractivity contribution in [1.82, 2.24) is 29.0 Å². The van der Waals surface area contributed by atoms with Gasteiger partial charge >= 0.3 is 5.69 Å². The molecule has 3 aromatic heterocycles. The van der Waals surface area contributed by atoms with Crippen LogP contribution in [0.1, 0.15) is 49.3 Å². The molecule has 1 unspecified atom stereocenters. The molecule has 0 saturated carbocycles. The number of halogens is 2. The zero-order chi connectivity index (χ0) is 35.1. The lowest BCUT2D eigenvalue weighted by atomic mass is 9.99. The summed E-state index contributed by atoms with van der Waals surface area (Å²) in [7, 11) is 4.63. The van der Waals surface area contributed by atoms with Crippen molar-refractivity contribution >= 4 is 52.0 Å². The van der Waals surface area contributed by atoms with E-state index in [1.807, 2.05) is 30.3 Å². The SMILES string of the molecule is COc1nc(-c2cccc(-c3cccc(Nc4ncnc5c4c(=O)n(C)c(=O)n5C)c3Cl)c2Cl)cc2c1[C@@H](N1CCC(CCCC=O)C1)CC2. The second kappa shape index (κ2) is 14.0. The number of aryl methyl sites for hydroxylation is 2. The Labute approximate surface area is 298 Å². The number of aldehydes is 1. The molecule has 7 rings (SSSR count). The van der Waals surface area contributed by atoms with E-state index < -0.39 is 11.2 Å². The second-order valence-electron chi connectivity index (χ2n) is 13.0. The predicted molar refractivity (Wildman–Crippen MR) is 196 cm³/mol. The molecule has 1 aliphatic carbocycles. The number of methoxy groups -OCH3 is 1. The van der Waals surface area contributed by atoms with Crippen molar-refractivity contribution in [3.8, 4) is 28.3 Å². The zero-order valence-electron chi connectivity index (χ0n) is 28.1. The van der Waals surface area contributed by atoms with Gasteiger partial charge in [0.2, 0.25) is 5.88 Å². The number of nitrogens with one attached hydrogen (secondary N) is 1. The number of aromatic nitrogens is 5. The van der Waals surface area contributed by atoms with E-state index in [2.05, 4.69) is 26.3 Å². The van der Waals surface area contributed by atoms with Gasteiger partial charge in [0.15, 0.2) is 5.65 Å². The average Bonchev–Trinajstić information content (AvgIpc) is 3.78. The summed E-state index contributed by atoms with van der Waals surface area (Å²) >= 11 is 14.2. The Morgan fingerprint density at radius 1 is 1.00 bits per heavy atom. The summed E-state index contributed by atoms with van der Waals surface area (Å²) in [5, 5.41) is 4.22. The van der Waals surface area contributed by atoms with E-state index in [9.17, 15) is 14.4 Å². The molecular formula is C37H37Cl2N7O4. The quantitative estimate of drug-likeness (QED) is 0.128. The third kappa shape index (κ3) is 5.97. The molecule has 1 N–H and O–H groups in total. The average molecular weight is 715 g/mol.